The molecule has 102 valence electrons. The SMILES string of the molecule is O=C(c1ccccc1)N1CCC(Cc2ccncc2)C1. The van der Waals surface area contributed by atoms with Crippen molar-refractivity contribution in [3.8, 4) is 0 Å². The van der Waals surface area contributed by atoms with Crippen LogP contribution in [-0.2, 0) is 6.42 Å². The lowest BCUT2D eigenvalue weighted by molar-refractivity contribution is 0.0787. The molecule has 20 heavy (non-hydrogen) atoms. The summed E-state index contributed by atoms with van der Waals surface area (Å²) in [6, 6.07) is 13.7. The van der Waals surface area contributed by atoms with Gasteiger partial charge in [-0.2, -0.15) is 0 Å². The van der Waals surface area contributed by atoms with Crippen LogP contribution in [-0.4, -0.2) is 28.9 Å². The molecule has 0 aliphatic carbocycles. The normalized spacial score (nSPS) is 18.2. The Morgan fingerprint density at radius 2 is 1.90 bits per heavy atom. The number of aromatic nitrogens is 1. The molecule has 1 amide bonds. The van der Waals surface area contributed by atoms with Gasteiger partial charge in [-0.3, -0.25) is 9.78 Å². The standard InChI is InChI=1S/C17H18N2O/c20-17(16-4-2-1-3-5-16)19-11-8-15(13-19)12-14-6-9-18-10-7-14/h1-7,9-10,15H,8,11-13H2. The number of hydrogen-bond acceptors (Lipinski definition) is 2. The molecule has 0 spiro atoms. The first-order valence-corrected chi connectivity index (χ1v) is 7.06. The van der Waals surface area contributed by atoms with Crippen LogP contribution in [0.3, 0.4) is 0 Å². The van der Waals surface area contributed by atoms with Crippen molar-refractivity contribution in [2.24, 2.45) is 5.92 Å². The van der Waals surface area contributed by atoms with Crippen LogP contribution in [0.15, 0.2) is 54.9 Å². The van der Waals surface area contributed by atoms with E-state index in [0.29, 0.717) is 5.92 Å². The third-order valence-corrected chi connectivity index (χ3v) is 3.87. The maximum atomic E-state index is 12.4. The van der Waals surface area contributed by atoms with Crippen LogP contribution in [0.25, 0.3) is 0 Å². The summed E-state index contributed by atoms with van der Waals surface area (Å²) < 4.78 is 0. The Hall–Kier alpha value is -2.16. The number of carbonyl (C=O) groups excluding carboxylic acids is 1. The highest BCUT2D eigenvalue weighted by Crippen LogP contribution is 2.22. The summed E-state index contributed by atoms with van der Waals surface area (Å²) in [7, 11) is 0. The zero-order valence-corrected chi connectivity index (χ0v) is 11.4. The Bertz CT molecular complexity index is 568. The number of amides is 1. The zero-order chi connectivity index (χ0) is 13.8. The molecule has 2 heterocycles. The van der Waals surface area contributed by atoms with Gasteiger partial charge in [0.1, 0.15) is 0 Å². The smallest absolute Gasteiger partial charge is 0.253 e. The van der Waals surface area contributed by atoms with E-state index in [-0.39, 0.29) is 5.91 Å². The van der Waals surface area contributed by atoms with Gasteiger partial charge in [-0.25, -0.2) is 0 Å². The predicted molar refractivity (Wildman–Crippen MR) is 78.4 cm³/mol. The molecule has 1 aliphatic rings. The third kappa shape index (κ3) is 2.87. The minimum atomic E-state index is 0.155. The maximum Gasteiger partial charge on any atom is 0.253 e. The fourth-order valence-corrected chi connectivity index (χ4v) is 2.80. The molecular formula is C17H18N2O. The molecule has 3 rings (SSSR count). The molecule has 0 saturated carbocycles. The van der Waals surface area contributed by atoms with E-state index < -0.39 is 0 Å². The molecular weight excluding hydrogens is 248 g/mol. The van der Waals surface area contributed by atoms with Crippen molar-refractivity contribution in [1.29, 1.82) is 0 Å². The van der Waals surface area contributed by atoms with Crippen molar-refractivity contribution in [2.45, 2.75) is 12.8 Å². The first-order chi connectivity index (χ1) is 9.83. The second-order valence-electron chi connectivity index (χ2n) is 5.33. The Kier molecular flexibility index (Phi) is 3.77. The highest BCUT2D eigenvalue weighted by Gasteiger charge is 2.26. The lowest BCUT2D eigenvalue weighted by atomic mass is 10.00. The lowest BCUT2D eigenvalue weighted by Gasteiger charge is -2.16. The van der Waals surface area contributed by atoms with Gasteiger partial charge in [0.25, 0.3) is 5.91 Å². The average molecular weight is 266 g/mol. The fourth-order valence-electron chi connectivity index (χ4n) is 2.80. The van der Waals surface area contributed by atoms with Crippen molar-refractivity contribution >= 4 is 5.91 Å². The van der Waals surface area contributed by atoms with Crippen molar-refractivity contribution in [3.63, 3.8) is 0 Å². The summed E-state index contributed by atoms with van der Waals surface area (Å²) in [6.07, 6.45) is 5.77. The molecule has 1 aromatic heterocycles. The Balaban J connectivity index is 1.61. The monoisotopic (exact) mass is 266 g/mol. The maximum absolute atomic E-state index is 12.4. The van der Waals surface area contributed by atoms with Gasteiger partial charge in [0, 0.05) is 31.0 Å². The minimum absolute atomic E-state index is 0.155. The van der Waals surface area contributed by atoms with E-state index in [0.717, 1.165) is 31.5 Å². The summed E-state index contributed by atoms with van der Waals surface area (Å²) in [5.74, 6) is 0.716. The van der Waals surface area contributed by atoms with Gasteiger partial charge < -0.3 is 4.90 Å². The summed E-state index contributed by atoms with van der Waals surface area (Å²) in [5, 5.41) is 0. The van der Waals surface area contributed by atoms with Crippen LogP contribution in [0.4, 0.5) is 0 Å². The summed E-state index contributed by atoms with van der Waals surface area (Å²) in [4.78, 5) is 18.4. The quantitative estimate of drug-likeness (QED) is 0.856. The summed E-state index contributed by atoms with van der Waals surface area (Å²) >= 11 is 0. The van der Waals surface area contributed by atoms with E-state index >= 15 is 0 Å². The third-order valence-electron chi connectivity index (χ3n) is 3.87. The molecule has 0 radical (unpaired) electrons. The van der Waals surface area contributed by atoms with Crippen LogP contribution in [0.2, 0.25) is 0 Å². The minimum Gasteiger partial charge on any atom is -0.338 e. The van der Waals surface area contributed by atoms with Crippen molar-refractivity contribution < 1.29 is 4.79 Å². The zero-order valence-electron chi connectivity index (χ0n) is 11.4. The Labute approximate surface area is 119 Å². The molecule has 3 nitrogen and oxygen atoms in total. The van der Waals surface area contributed by atoms with E-state index in [1.54, 1.807) is 0 Å². The number of carbonyl (C=O) groups is 1. The van der Waals surface area contributed by atoms with Gasteiger partial charge in [0.2, 0.25) is 0 Å². The van der Waals surface area contributed by atoms with Crippen LogP contribution >= 0.6 is 0 Å². The van der Waals surface area contributed by atoms with E-state index in [1.807, 2.05) is 47.6 Å². The fraction of sp³-hybridized carbons (Fsp3) is 0.294. The molecule has 2 aromatic rings. The largest absolute Gasteiger partial charge is 0.338 e. The molecule has 0 N–H and O–H groups in total. The van der Waals surface area contributed by atoms with Crippen LogP contribution in [0.1, 0.15) is 22.3 Å². The number of benzene rings is 1. The van der Waals surface area contributed by atoms with E-state index in [1.165, 1.54) is 5.56 Å². The first-order valence-electron chi connectivity index (χ1n) is 7.06. The molecule has 1 unspecified atom stereocenters. The van der Waals surface area contributed by atoms with Gasteiger partial charge in [-0.1, -0.05) is 18.2 Å². The summed E-state index contributed by atoms with van der Waals surface area (Å²) in [5.41, 5.74) is 2.09. The second kappa shape index (κ2) is 5.87. The number of rotatable bonds is 3. The lowest BCUT2D eigenvalue weighted by Crippen LogP contribution is -2.28. The molecule has 0 bridgehead atoms. The van der Waals surface area contributed by atoms with Gasteiger partial charge in [0.15, 0.2) is 0 Å². The molecule has 1 aromatic carbocycles. The van der Waals surface area contributed by atoms with E-state index in [4.69, 9.17) is 0 Å². The molecule has 1 fully saturated rings. The number of pyridine rings is 1. The van der Waals surface area contributed by atoms with Gasteiger partial charge in [-0.05, 0) is 48.6 Å². The van der Waals surface area contributed by atoms with E-state index in [2.05, 4.69) is 17.1 Å². The number of likely N-dealkylation sites (tertiary alicyclic amines) is 1. The Morgan fingerprint density at radius 1 is 1.15 bits per heavy atom. The summed E-state index contributed by atoms with van der Waals surface area (Å²) in [6.45, 7) is 1.72. The van der Waals surface area contributed by atoms with Gasteiger partial charge >= 0.3 is 0 Å². The van der Waals surface area contributed by atoms with Crippen LogP contribution < -0.4 is 0 Å². The predicted octanol–water partition coefficient (Wildman–Crippen LogP) is 2.79. The van der Waals surface area contributed by atoms with Gasteiger partial charge in [-0.15, -0.1) is 0 Å². The van der Waals surface area contributed by atoms with Crippen molar-refractivity contribution in [1.82, 2.24) is 9.88 Å². The second-order valence-corrected chi connectivity index (χ2v) is 5.33. The first kappa shape index (κ1) is 12.9. The highest BCUT2D eigenvalue weighted by molar-refractivity contribution is 5.94. The van der Waals surface area contributed by atoms with Crippen LogP contribution in [0.5, 0.6) is 0 Å². The molecule has 1 aliphatic heterocycles. The van der Waals surface area contributed by atoms with E-state index in [9.17, 15) is 4.79 Å². The molecule has 1 saturated heterocycles. The average Bonchev–Trinajstić information content (AvgIpc) is 2.97. The van der Waals surface area contributed by atoms with Crippen LogP contribution in [0, 0.1) is 5.92 Å². The van der Waals surface area contributed by atoms with Crippen molar-refractivity contribution in [2.75, 3.05) is 13.1 Å². The molecule has 3 heteroatoms. The van der Waals surface area contributed by atoms with Crippen molar-refractivity contribution in [3.05, 3.63) is 66.0 Å². The number of hydrogen-bond donors (Lipinski definition) is 0. The van der Waals surface area contributed by atoms with Gasteiger partial charge in [0.05, 0.1) is 0 Å². The number of nitrogens with zero attached hydrogens (tertiary/aromatic N) is 2. The Morgan fingerprint density at radius 3 is 2.65 bits per heavy atom. The highest BCUT2D eigenvalue weighted by atomic mass is 16.2. The molecule has 1 atom stereocenters. The topological polar surface area (TPSA) is 33.2 Å².